The van der Waals surface area contributed by atoms with Gasteiger partial charge in [-0.1, -0.05) is 17.7 Å². The highest BCUT2D eigenvalue weighted by molar-refractivity contribution is 6.30. The lowest BCUT2D eigenvalue weighted by Gasteiger charge is -2.36. The van der Waals surface area contributed by atoms with Crippen molar-refractivity contribution in [3.8, 4) is 5.75 Å². The van der Waals surface area contributed by atoms with Crippen LogP contribution in [0.15, 0.2) is 24.3 Å². The van der Waals surface area contributed by atoms with Crippen molar-refractivity contribution in [3.05, 3.63) is 29.3 Å². The summed E-state index contributed by atoms with van der Waals surface area (Å²) in [5.41, 5.74) is -0.289. The molecule has 0 aromatic heterocycles. The lowest BCUT2D eigenvalue weighted by atomic mass is 9.81. The number of hydrogen-bond acceptors (Lipinski definition) is 3. The standard InChI is InChI=1S/C16H23ClN2O2.ClH/c1-16(7-4-8-18-12-16)15(20)19(2)9-10-21-14-6-3-5-13(17)11-14;/h3,5-6,11,18H,4,7-10,12H2,1-2H3;1H. The predicted octanol–water partition coefficient (Wildman–Crippen LogP) is 2.99. The molecule has 1 amide bonds. The Morgan fingerprint density at radius 1 is 1.50 bits per heavy atom. The van der Waals surface area contributed by atoms with Gasteiger partial charge in [-0.3, -0.25) is 4.79 Å². The first-order valence-corrected chi connectivity index (χ1v) is 7.74. The van der Waals surface area contributed by atoms with Crippen molar-refractivity contribution in [3.63, 3.8) is 0 Å². The van der Waals surface area contributed by atoms with Gasteiger partial charge in [-0.05, 0) is 44.5 Å². The van der Waals surface area contributed by atoms with Crippen LogP contribution in [0, 0.1) is 5.41 Å². The Morgan fingerprint density at radius 3 is 2.91 bits per heavy atom. The van der Waals surface area contributed by atoms with Crippen molar-refractivity contribution >= 4 is 29.9 Å². The summed E-state index contributed by atoms with van der Waals surface area (Å²) in [6, 6.07) is 7.29. The Kier molecular flexibility index (Phi) is 7.46. The summed E-state index contributed by atoms with van der Waals surface area (Å²) in [6.07, 6.45) is 1.99. The lowest BCUT2D eigenvalue weighted by molar-refractivity contribution is -0.141. The van der Waals surface area contributed by atoms with E-state index < -0.39 is 0 Å². The van der Waals surface area contributed by atoms with Gasteiger partial charge in [0.1, 0.15) is 12.4 Å². The van der Waals surface area contributed by atoms with Crippen LogP contribution in [0.25, 0.3) is 0 Å². The molecular formula is C16H24Cl2N2O2. The van der Waals surface area contributed by atoms with Crippen LogP contribution in [0.3, 0.4) is 0 Å². The monoisotopic (exact) mass is 346 g/mol. The topological polar surface area (TPSA) is 41.6 Å². The van der Waals surface area contributed by atoms with E-state index in [-0.39, 0.29) is 23.7 Å². The summed E-state index contributed by atoms with van der Waals surface area (Å²) < 4.78 is 5.63. The van der Waals surface area contributed by atoms with Gasteiger partial charge in [0.05, 0.1) is 12.0 Å². The SMILES string of the molecule is CN(CCOc1cccc(Cl)c1)C(=O)C1(C)CCCNC1.Cl. The average molecular weight is 347 g/mol. The fourth-order valence-electron chi connectivity index (χ4n) is 2.66. The van der Waals surface area contributed by atoms with Crippen LogP contribution in [0.2, 0.25) is 5.02 Å². The molecule has 0 radical (unpaired) electrons. The predicted molar refractivity (Wildman–Crippen MR) is 92.0 cm³/mol. The molecule has 124 valence electrons. The largest absolute Gasteiger partial charge is 0.492 e. The van der Waals surface area contributed by atoms with Gasteiger partial charge < -0.3 is 15.0 Å². The number of piperidine rings is 1. The van der Waals surface area contributed by atoms with Gasteiger partial charge in [0.15, 0.2) is 0 Å². The summed E-state index contributed by atoms with van der Waals surface area (Å²) >= 11 is 5.91. The molecule has 0 spiro atoms. The molecule has 22 heavy (non-hydrogen) atoms. The Bertz CT molecular complexity index is 491. The highest BCUT2D eigenvalue weighted by Gasteiger charge is 2.36. The third-order valence-corrected chi connectivity index (χ3v) is 4.19. The van der Waals surface area contributed by atoms with Crippen LogP contribution in [0.4, 0.5) is 0 Å². The molecule has 1 N–H and O–H groups in total. The zero-order valence-electron chi connectivity index (χ0n) is 13.1. The number of amides is 1. The number of halogens is 2. The van der Waals surface area contributed by atoms with Gasteiger partial charge in [0.25, 0.3) is 0 Å². The van der Waals surface area contributed by atoms with Crippen molar-refractivity contribution in [2.75, 3.05) is 33.3 Å². The van der Waals surface area contributed by atoms with Crippen LogP contribution in [0.5, 0.6) is 5.75 Å². The zero-order chi connectivity index (χ0) is 15.3. The van der Waals surface area contributed by atoms with Crippen LogP contribution in [-0.4, -0.2) is 44.1 Å². The quantitative estimate of drug-likeness (QED) is 0.890. The van der Waals surface area contributed by atoms with Crippen molar-refractivity contribution < 1.29 is 9.53 Å². The maximum absolute atomic E-state index is 12.5. The molecular weight excluding hydrogens is 323 g/mol. The van der Waals surface area contributed by atoms with Crippen molar-refractivity contribution in [1.29, 1.82) is 0 Å². The van der Waals surface area contributed by atoms with E-state index >= 15 is 0 Å². The highest BCUT2D eigenvalue weighted by Crippen LogP contribution is 2.27. The molecule has 1 aromatic rings. The van der Waals surface area contributed by atoms with Crippen LogP contribution < -0.4 is 10.1 Å². The van der Waals surface area contributed by atoms with E-state index in [0.717, 1.165) is 31.7 Å². The number of nitrogens with zero attached hydrogens (tertiary/aromatic N) is 1. The van der Waals surface area contributed by atoms with Gasteiger partial charge in [-0.15, -0.1) is 12.4 Å². The summed E-state index contributed by atoms with van der Waals surface area (Å²) in [6.45, 7) is 4.83. The van der Waals surface area contributed by atoms with Gasteiger partial charge in [-0.2, -0.15) is 0 Å². The van der Waals surface area contributed by atoms with E-state index in [9.17, 15) is 4.79 Å². The summed E-state index contributed by atoms with van der Waals surface area (Å²) in [7, 11) is 1.84. The Labute approximate surface area is 143 Å². The van der Waals surface area contributed by atoms with Gasteiger partial charge in [-0.25, -0.2) is 0 Å². The van der Waals surface area contributed by atoms with E-state index in [0.29, 0.717) is 18.2 Å². The van der Waals surface area contributed by atoms with Gasteiger partial charge in [0.2, 0.25) is 5.91 Å². The molecule has 1 aliphatic rings. The normalized spacial score (nSPS) is 20.9. The van der Waals surface area contributed by atoms with E-state index in [4.69, 9.17) is 16.3 Å². The van der Waals surface area contributed by atoms with Gasteiger partial charge in [0, 0.05) is 18.6 Å². The maximum atomic E-state index is 12.5. The number of benzene rings is 1. The van der Waals surface area contributed by atoms with E-state index in [1.807, 2.05) is 26.1 Å². The fourth-order valence-corrected chi connectivity index (χ4v) is 2.84. The molecule has 0 saturated carbocycles. The lowest BCUT2D eigenvalue weighted by Crippen LogP contribution is -2.49. The molecule has 1 atom stereocenters. The molecule has 1 unspecified atom stereocenters. The third-order valence-electron chi connectivity index (χ3n) is 3.95. The molecule has 1 heterocycles. The summed E-state index contributed by atoms with van der Waals surface area (Å²) in [5.74, 6) is 0.915. The first-order chi connectivity index (χ1) is 10.0. The molecule has 0 bridgehead atoms. The molecule has 4 nitrogen and oxygen atoms in total. The van der Waals surface area contributed by atoms with Gasteiger partial charge >= 0.3 is 0 Å². The number of ether oxygens (including phenoxy) is 1. The minimum Gasteiger partial charge on any atom is -0.492 e. The molecule has 1 aliphatic heterocycles. The fraction of sp³-hybridized carbons (Fsp3) is 0.562. The number of likely N-dealkylation sites (N-methyl/N-ethyl adjacent to an activating group) is 1. The second kappa shape index (κ2) is 8.61. The minimum absolute atomic E-state index is 0. The summed E-state index contributed by atoms with van der Waals surface area (Å²) in [5, 5.41) is 3.96. The third kappa shape index (κ3) is 5.04. The molecule has 1 aromatic carbocycles. The first-order valence-electron chi connectivity index (χ1n) is 7.36. The second-order valence-electron chi connectivity index (χ2n) is 5.87. The van der Waals surface area contributed by atoms with Crippen LogP contribution >= 0.6 is 24.0 Å². The highest BCUT2D eigenvalue weighted by atomic mass is 35.5. The number of carbonyl (C=O) groups excluding carboxylic acids is 1. The van der Waals surface area contributed by atoms with E-state index in [1.165, 1.54) is 0 Å². The van der Waals surface area contributed by atoms with Crippen LogP contribution in [0.1, 0.15) is 19.8 Å². The molecule has 1 fully saturated rings. The minimum atomic E-state index is -0.289. The first kappa shape index (κ1) is 19.1. The Morgan fingerprint density at radius 2 is 2.27 bits per heavy atom. The second-order valence-corrected chi connectivity index (χ2v) is 6.31. The maximum Gasteiger partial charge on any atom is 0.229 e. The van der Waals surface area contributed by atoms with E-state index in [1.54, 1.807) is 17.0 Å². The van der Waals surface area contributed by atoms with E-state index in [2.05, 4.69) is 5.32 Å². The number of rotatable bonds is 5. The smallest absolute Gasteiger partial charge is 0.229 e. The van der Waals surface area contributed by atoms with Crippen LogP contribution in [-0.2, 0) is 4.79 Å². The number of nitrogens with one attached hydrogen (secondary N) is 1. The summed E-state index contributed by atoms with van der Waals surface area (Å²) in [4.78, 5) is 14.3. The Balaban J connectivity index is 0.00000242. The number of hydrogen-bond donors (Lipinski definition) is 1. The molecule has 1 saturated heterocycles. The number of carbonyl (C=O) groups is 1. The average Bonchev–Trinajstić information content (AvgIpc) is 2.47. The van der Waals surface area contributed by atoms with Crippen molar-refractivity contribution in [2.45, 2.75) is 19.8 Å². The van der Waals surface area contributed by atoms with Crippen molar-refractivity contribution in [2.24, 2.45) is 5.41 Å². The molecule has 6 heteroatoms. The molecule has 0 aliphatic carbocycles. The zero-order valence-corrected chi connectivity index (χ0v) is 14.7. The molecule has 2 rings (SSSR count). The Hall–Kier alpha value is -0.970. The van der Waals surface area contributed by atoms with Crippen molar-refractivity contribution in [1.82, 2.24) is 10.2 Å².